The molecule has 0 fully saturated rings. The van der Waals surface area contributed by atoms with Gasteiger partial charge < -0.3 is 4.42 Å². The Morgan fingerprint density at radius 1 is 1.25 bits per heavy atom. The number of imidazole rings is 1. The summed E-state index contributed by atoms with van der Waals surface area (Å²) in [6.45, 7) is 11.4. The molecule has 0 unspecified atom stereocenters. The molecule has 0 aliphatic rings. The number of aromatic nitrogens is 3. The molecule has 3 rings (SSSR count). The maximum atomic E-state index is 12.4. The van der Waals surface area contributed by atoms with Crippen LogP contribution in [-0.2, 0) is 4.79 Å². The van der Waals surface area contributed by atoms with E-state index in [0.29, 0.717) is 17.2 Å². The Balaban J connectivity index is 2.43. The highest BCUT2D eigenvalue weighted by Gasteiger charge is 2.31. The minimum Gasteiger partial charge on any atom is -0.461 e. The summed E-state index contributed by atoms with van der Waals surface area (Å²) >= 11 is 0. The van der Waals surface area contributed by atoms with E-state index in [4.69, 9.17) is 9.40 Å². The Labute approximate surface area is 141 Å². The van der Waals surface area contributed by atoms with Crippen molar-refractivity contribution < 1.29 is 9.21 Å². The highest BCUT2D eigenvalue weighted by atomic mass is 16.3. The van der Waals surface area contributed by atoms with Gasteiger partial charge in [0.05, 0.1) is 11.8 Å². The molecule has 1 amide bonds. The molecule has 3 aromatic rings. The van der Waals surface area contributed by atoms with Crippen LogP contribution in [0.5, 0.6) is 0 Å². The summed E-state index contributed by atoms with van der Waals surface area (Å²) in [5.41, 5.74) is 2.87. The second kappa shape index (κ2) is 5.47. The molecule has 0 saturated carbocycles. The standard InChI is InChI=1S/C18H22N4O2/c1-11-10-12(2)19-17-15(11)20-16(14-8-7-9-24-14)21(17)22(13(3)23)18(4,5)6/h7-10H,1-6H3. The van der Waals surface area contributed by atoms with E-state index < -0.39 is 5.54 Å². The molecular formula is C18H22N4O2. The first-order valence-electron chi connectivity index (χ1n) is 7.92. The van der Waals surface area contributed by atoms with Crippen LogP contribution >= 0.6 is 0 Å². The quantitative estimate of drug-likeness (QED) is 0.722. The zero-order valence-corrected chi connectivity index (χ0v) is 14.9. The fourth-order valence-corrected chi connectivity index (χ4v) is 3.02. The molecule has 126 valence electrons. The first kappa shape index (κ1) is 16.2. The van der Waals surface area contributed by atoms with Gasteiger partial charge in [0.1, 0.15) is 5.52 Å². The van der Waals surface area contributed by atoms with Crippen molar-refractivity contribution in [3.63, 3.8) is 0 Å². The zero-order chi connectivity index (χ0) is 17.6. The van der Waals surface area contributed by atoms with Crippen molar-refractivity contribution in [1.29, 1.82) is 0 Å². The molecule has 0 spiro atoms. The lowest BCUT2D eigenvalue weighted by molar-refractivity contribution is -0.119. The van der Waals surface area contributed by atoms with Crippen LogP contribution in [0.25, 0.3) is 22.7 Å². The van der Waals surface area contributed by atoms with Crippen LogP contribution in [0.4, 0.5) is 0 Å². The van der Waals surface area contributed by atoms with Crippen molar-refractivity contribution in [2.45, 2.75) is 47.1 Å². The number of carbonyl (C=O) groups is 1. The lowest BCUT2D eigenvalue weighted by Gasteiger charge is -2.35. The minimum atomic E-state index is -0.444. The second-order valence-electron chi connectivity index (χ2n) is 6.98. The third-order valence-corrected chi connectivity index (χ3v) is 3.79. The minimum absolute atomic E-state index is 0.0874. The molecule has 0 saturated heterocycles. The number of pyridine rings is 1. The van der Waals surface area contributed by atoms with E-state index >= 15 is 0 Å². The molecule has 0 N–H and O–H groups in total. The average molecular weight is 326 g/mol. The van der Waals surface area contributed by atoms with E-state index in [2.05, 4.69) is 4.98 Å². The van der Waals surface area contributed by atoms with Gasteiger partial charge in [0, 0.05) is 12.6 Å². The van der Waals surface area contributed by atoms with Gasteiger partial charge in [-0.3, -0.25) is 4.79 Å². The number of carbonyl (C=O) groups excluding carboxylic acids is 1. The van der Waals surface area contributed by atoms with Gasteiger partial charge in [-0.05, 0) is 58.4 Å². The summed E-state index contributed by atoms with van der Waals surface area (Å²) in [5.74, 6) is 1.08. The van der Waals surface area contributed by atoms with Crippen molar-refractivity contribution in [2.75, 3.05) is 5.01 Å². The molecule has 0 bridgehead atoms. The Kier molecular flexibility index (Phi) is 3.70. The van der Waals surface area contributed by atoms with Crippen LogP contribution in [0.1, 0.15) is 39.0 Å². The summed E-state index contributed by atoms with van der Waals surface area (Å²) in [7, 11) is 0. The molecule has 0 aliphatic heterocycles. The predicted octanol–water partition coefficient (Wildman–Crippen LogP) is 3.59. The molecule has 0 aromatic carbocycles. The van der Waals surface area contributed by atoms with E-state index in [1.807, 2.05) is 46.8 Å². The number of aryl methyl sites for hydroxylation is 2. The van der Waals surface area contributed by atoms with Gasteiger partial charge in [-0.2, -0.15) is 0 Å². The van der Waals surface area contributed by atoms with Gasteiger partial charge in [-0.25, -0.2) is 19.7 Å². The number of nitrogens with zero attached hydrogens (tertiary/aromatic N) is 4. The lowest BCUT2D eigenvalue weighted by atomic mass is 10.1. The molecule has 6 nitrogen and oxygen atoms in total. The fraction of sp³-hybridized carbons (Fsp3) is 0.389. The number of hydrogen-bond donors (Lipinski definition) is 0. The molecule has 0 atom stereocenters. The van der Waals surface area contributed by atoms with E-state index in [1.54, 1.807) is 28.9 Å². The van der Waals surface area contributed by atoms with Gasteiger partial charge in [0.15, 0.2) is 17.2 Å². The molecule has 3 heterocycles. The van der Waals surface area contributed by atoms with Crippen LogP contribution in [0.3, 0.4) is 0 Å². The topological polar surface area (TPSA) is 64.2 Å². The number of hydrogen-bond acceptors (Lipinski definition) is 4. The SMILES string of the molecule is CC(=O)N(n1c(-c2ccco2)nc2c(C)cc(C)nc21)C(C)(C)C. The maximum absolute atomic E-state index is 12.4. The van der Waals surface area contributed by atoms with E-state index in [1.165, 1.54) is 0 Å². The van der Waals surface area contributed by atoms with E-state index in [0.717, 1.165) is 16.8 Å². The molecule has 6 heteroatoms. The normalized spacial score (nSPS) is 11.9. The predicted molar refractivity (Wildman–Crippen MR) is 93.4 cm³/mol. The summed E-state index contributed by atoms with van der Waals surface area (Å²) < 4.78 is 7.33. The number of furan rings is 1. The summed E-state index contributed by atoms with van der Waals surface area (Å²) in [6.07, 6.45) is 1.60. The number of fused-ring (bicyclic) bond motifs is 1. The van der Waals surface area contributed by atoms with Crippen molar-refractivity contribution in [1.82, 2.24) is 14.6 Å². The molecule has 0 radical (unpaired) electrons. The van der Waals surface area contributed by atoms with Crippen molar-refractivity contribution >= 4 is 17.1 Å². The smallest absolute Gasteiger partial charge is 0.238 e. The van der Waals surface area contributed by atoms with Gasteiger partial charge in [-0.15, -0.1) is 0 Å². The maximum Gasteiger partial charge on any atom is 0.238 e. The number of amides is 1. The third-order valence-electron chi connectivity index (χ3n) is 3.79. The zero-order valence-electron chi connectivity index (χ0n) is 14.9. The van der Waals surface area contributed by atoms with Gasteiger partial charge in [0.2, 0.25) is 5.91 Å². The molecule has 0 aliphatic carbocycles. The molecule has 24 heavy (non-hydrogen) atoms. The van der Waals surface area contributed by atoms with Crippen molar-refractivity contribution in [3.8, 4) is 11.6 Å². The van der Waals surface area contributed by atoms with E-state index in [9.17, 15) is 4.79 Å². The first-order chi connectivity index (χ1) is 11.2. The van der Waals surface area contributed by atoms with Gasteiger partial charge >= 0.3 is 0 Å². The van der Waals surface area contributed by atoms with Crippen LogP contribution in [0.15, 0.2) is 28.9 Å². The first-order valence-corrected chi connectivity index (χ1v) is 7.92. The van der Waals surface area contributed by atoms with Crippen molar-refractivity contribution in [3.05, 3.63) is 35.7 Å². The summed E-state index contributed by atoms with van der Waals surface area (Å²) in [4.78, 5) is 21.8. The van der Waals surface area contributed by atoms with Crippen molar-refractivity contribution in [2.24, 2.45) is 0 Å². The molecule has 3 aromatic heterocycles. The van der Waals surface area contributed by atoms with Gasteiger partial charge in [-0.1, -0.05) is 0 Å². The monoisotopic (exact) mass is 326 g/mol. The van der Waals surface area contributed by atoms with Crippen LogP contribution in [-0.4, -0.2) is 26.1 Å². The Morgan fingerprint density at radius 3 is 2.50 bits per heavy atom. The van der Waals surface area contributed by atoms with E-state index in [-0.39, 0.29) is 5.91 Å². The van der Waals surface area contributed by atoms with Gasteiger partial charge in [0.25, 0.3) is 0 Å². The Bertz CT molecular complexity index is 901. The highest BCUT2D eigenvalue weighted by Crippen LogP contribution is 2.29. The number of rotatable bonds is 2. The third kappa shape index (κ3) is 2.58. The summed E-state index contributed by atoms with van der Waals surface area (Å²) in [5, 5.41) is 1.67. The van der Waals surface area contributed by atoms with Crippen LogP contribution in [0, 0.1) is 13.8 Å². The Morgan fingerprint density at radius 2 is 1.96 bits per heavy atom. The fourth-order valence-electron chi connectivity index (χ4n) is 3.02. The lowest BCUT2D eigenvalue weighted by Crippen LogP contribution is -2.52. The average Bonchev–Trinajstić information content (AvgIpc) is 3.05. The largest absolute Gasteiger partial charge is 0.461 e. The highest BCUT2D eigenvalue weighted by molar-refractivity contribution is 5.89. The Hall–Kier alpha value is -2.63. The van der Waals surface area contributed by atoms with Crippen LogP contribution in [0.2, 0.25) is 0 Å². The van der Waals surface area contributed by atoms with Crippen LogP contribution < -0.4 is 5.01 Å². The molecular weight excluding hydrogens is 304 g/mol. The second-order valence-corrected chi connectivity index (χ2v) is 6.98. The summed E-state index contributed by atoms with van der Waals surface area (Å²) in [6, 6.07) is 5.63.